The van der Waals surface area contributed by atoms with Crippen LogP contribution in [0.25, 0.3) is 0 Å². The Bertz CT molecular complexity index is 452. The summed E-state index contributed by atoms with van der Waals surface area (Å²) in [7, 11) is 0. The van der Waals surface area contributed by atoms with Crippen LogP contribution in [0.3, 0.4) is 0 Å². The topological polar surface area (TPSA) is 56.3 Å². The molecule has 2 N–H and O–H groups in total. The van der Waals surface area contributed by atoms with Crippen molar-refractivity contribution in [3.8, 4) is 0 Å². The summed E-state index contributed by atoms with van der Waals surface area (Å²) in [5.41, 5.74) is 7.54. The van der Waals surface area contributed by atoms with Gasteiger partial charge in [-0.25, -0.2) is 0 Å². The lowest BCUT2D eigenvalue weighted by Gasteiger charge is -2.44. The van der Waals surface area contributed by atoms with Crippen molar-refractivity contribution in [2.45, 2.75) is 45.3 Å². The van der Waals surface area contributed by atoms with E-state index in [0.717, 1.165) is 36.5 Å². The summed E-state index contributed by atoms with van der Waals surface area (Å²) < 4.78 is 8.44. The van der Waals surface area contributed by atoms with Gasteiger partial charge in [0.15, 0.2) is 0 Å². The SMILES string of the molecule is CC(C)n1ncc(Br)c1C(N)C(C)(C)N1CCOCC1. The Labute approximate surface area is 129 Å². The second kappa shape index (κ2) is 6.13. The smallest absolute Gasteiger partial charge is 0.0715 e. The molecule has 0 spiro atoms. The van der Waals surface area contributed by atoms with Crippen LogP contribution in [0.2, 0.25) is 0 Å². The van der Waals surface area contributed by atoms with Crippen LogP contribution in [-0.4, -0.2) is 46.5 Å². The van der Waals surface area contributed by atoms with Gasteiger partial charge in [0.05, 0.1) is 35.6 Å². The second-order valence-corrected chi connectivity index (χ2v) is 7.00. The fourth-order valence-corrected chi connectivity index (χ4v) is 3.24. The number of nitrogens with two attached hydrogens (primary N) is 1. The summed E-state index contributed by atoms with van der Waals surface area (Å²) in [6, 6.07) is 0.183. The third kappa shape index (κ3) is 2.93. The van der Waals surface area contributed by atoms with Crippen molar-refractivity contribution in [3.05, 3.63) is 16.4 Å². The molecule has 6 heteroatoms. The van der Waals surface area contributed by atoms with E-state index in [0.29, 0.717) is 6.04 Å². The van der Waals surface area contributed by atoms with Crippen LogP contribution in [0.1, 0.15) is 45.5 Å². The van der Waals surface area contributed by atoms with Gasteiger partial charge in [-0.05, 0) is 43.6 Å². The molecular formula is C14H25BrN4O. The molecule has 0 aliphatic carbocycles. The van der Waals surface area contributed by atoms with Gasteiger partial charge in [0, 0.05) is 24.7 Å². The molecule has 1 aliphatic rings. The molecule has 0 saturated carbocycles. The van der Waals surface area contributed by atoms with E-state index in [-0.39, 0.29) is 11.6 Å². The van der Waals surface area contributed by atoms with Crippen molar-refractivity contribution in [1.82, 2.24) is 14.7 Å². The first-order chi connectivity index (χ1) is 9.35. The van der Waals surface area contributed by atoms with Crippen molar-refractivity contribution in [2.24, 2.45) is 5.73 Å². The van der Waals surface area contributed by atoms with Gasteiger partial charge in [0.25, 0.3) is 0 Å². The molecule has 1 fully saturated rings. The van der Waals surface area contributed by atoms with Crippen LogP contribution in [-0.2, 0) is 4.74 Å². The average molecular weight is 345 g/mol. The zero-order chi connectivity index (χ0) is 14.9. The molecule has 1 aromatic rings. The molecule has 1 atom stereocenters. The first kappa shape index (κ1) is 15.9. The lowest BCUT2D eigenvalue weighted by molar-refractivity contribution is -0.0201. The molecule has 5 nitrogen and oxygen atoms in total. The van der Waals surface area contributed by atoms with Crippen LogP contribution in [0.15, 0.2) is 10.7 Å². The van der Waals surface area contributed by atoms with Gasteiger partial charge >= 0.3 is 0 Å². The fraction of sp³-hybridized carbons (Fsp3) is 0.786. The largest absolute Gasteiger partial charge is 0.379 e. The highest BCUT2D eigenvalue weighted by molar-refractivity contribution is 9.10. The minimum Gasteiger partial charge on any atom is -0.379 e. The Hall–Kier alpha value is -0.430. The summed E-state index contributed by atoms with van der Waals surface area (Å²) in [5.74, 6) is 0. The monoisotopic (exact) mass is 344 g/mol. The first-order valence-electron chi connectivity index (χ1n) is 7.17. The van der Waals surface area contributed by atoms with E-state index in [1.807, 2.05) is 10.9 Å². The number of rotatable bonds is 4. The van der Waals surface area contributed by atoms with Crippen molar-refractivity contribution < 1.29 is 4.74 Å². The van der Waals surface area contributed by atoms with Gasteiger partial charge in [-0.3, -0.25) is 9.58 Å². The Kier molecular flexibility index (Phi) is 4.89. The van der Waals surface area contributed by atoms with E-state index >= 15 is 0 Å². The average Bonchev–Trinajstić information content (AvgIpc) is 2.80. The minimum absolute atomic E-state index is 0.111. The van der Waals surface area contributed by atoms with Gasteiger partial charge in [-0.15, -0.1) is 0 Å². The number of hydrogen-bond acceptors (Lipinski definition) is 4. The van der Waals surface area contributed by atoms with E-state index in [9.17, 15) is 0 Å². The Morgan fingerprint density at radius 3 is 2.50 bits per heavy atom. The van der Waals surface area contributed by atoms with Gasteiger partial charge in [-0.1, -0.05) is 0 Å². The van der Waals surface area contributed by atoms with E-state index in [1.165, 1.54) is 0 Å². The lowest BCUT2D eigenvalue weighted by atomic mass is 9.90. The number of morpholine rings is 1. The van der Waals surface area contributed by atoms with E-state index in [4.69, 9.17) is 10.5 Å². The van der Waals surface area contributed by atoms with Gasteiger partial charge in [-0.2, -0.15) is 5.10 Å². The maximum Gasteiger partial charge on any atom is 0.0715 e. The molecule has 1 unspecified atom stereocenters. The molecule has 2 heterocycles. The summed E-state index contributed by atoms with van der Waals surface area (Å²) >= 11 is 3.60. The predicted octanol–water partition coefficient (Wildman–Crippen LogP) is 2.34. The molecule has 0 aromatic carbocycles. The zero-order valence-electron chi connectivity index (χ0n) is 12.8. The molecule has 20 heavy (non-hydrogen) atoms. The number of hydrogen-bond donors (Lipinski definition) is 1. The fourth-order valence-electron chi connectivity index (χ4n) is 2.72. The summed E-state index contributed by atoms with van der Waals surface area (Å²) in [5, 5.41) is 4.44. The zero-order valence-corrected chi connectivity index (χ0v) is 14.4. The lowest BCUT2D eigenvalue weighted by Crippen LogP contribution is -2.55. The van der Waals surface area contributed by atoms with Crippen LogP contribution < -0.4 is 5.73 Å². The van der Waals surface area contributed by atoms with Crippen molar-refractivity contribution in [3.63, 3.8) is 0 Å². The molecule has 1 aliphatic heterocycles. The molecule has 0 radical (unpaired) electrons. The normalized spacial score (nSPS) is 19.6. The van der Waals surface area contributed by atoms with Gasteiger partial charge < -0.3 is 10.5 Å². The summed E-state index contributed by atoms with van der Waals surface area (Å²) in [4.78, 5) is 2.41. The molecule has 0 bridgehead atoms. The van der Waals surface area contributed by atoms with Gasteiger partial charge in [0.1, 0.15) is 0 Å². The highest BCUT2D eigenvalue weighted by Crippen LogP contribution is 2.34. The second-order valence-electron chi connectivity index (χ2n) is 6.15. The third-order valence-corrected chi connectivity index (χ3v) is 4.77. The first-order valence-corrected chi connectivity index (χ1v) is 7.96. The molecule has 1 aromatic heterocycles. The third-order valence-electron chi connectivity index (χ3n) is 4.16. The maximum atomic E-state index is 6.61. The van der Waals surface area contributed by atoms with E-state index in [2.05, 4.69) is 53.6 Å². The van der Waals surface area contributed by atoms with Gasteiger partial charge in [0.2, 0.25) is 0 Å². The highest BCUT2D eigenvalue weighted by atomic mass is 79.9. The minimum atomic E-state index is -0.140. The molecular weight excluding hydrogens is 320 g/mol. The Balaban J connectivity index is 2.29. The van der Waals surface area contributed by atoms with Crippen LogP contribution in [0.4, 0.5) is 0 Å². The summed E-state index contributed by atoms with van der Waals surface area (Å²) in [6.07, 6.45) is 1.84. The molecule has 0 amide bonds. The molecule has 1 saturated heterocycles. The van der Waals surface area contributed by atoms with Crippen molar-refractivity contribution in [1.29, 1.82) is 0 Å². The van der Waals surface area contributed by atoms with Crippen LogP contribution in [0.5, 0.6) is 0 Å². The Morgan fingerprint density at radius 1 is 1.35 bits per heavy atom. The highest BCUT2D eigenvalue weighted by Gasteiger charge is 2.37. The molecule has 2 rings (SSSR count). The number of nitrogens with zero attached hydrogens (tertiary/aromatic N) is 3. The maximum absolute atomic E-state index is 6.61. The number of aromatic nitrogens is 2. The molecule has 114 valence electrons. The quantitative estimate of drug-likeness (QED) is 0.910. The van der Waals surface area contributed by atoms with E-state index in [1.54, 1.807) is 0 Å². The van der Waals surface area contributed by atoms with Crippen LogP contribution in [0, 0.1) is 0 Å². The van der Waals surface area contributed by atoms with Crippen molar-refractivity contribution in [2.75, 3.05) is 26.3 Å². The van der Waals surface area contributed by atoms with Crippen molar-refractivity contribution >= 4 is 15.9 Å². The summed E-state index contributed by atoms with van der Waals surface area (Å²) in [6.45, 7) is 12.1. The Morgan fingerprint density at radius 2 is 1.95 bits per heavy atom. The van der Waals surface area contributed by atoms with Crippen LogP contribution >= 0.6 is 15.9 Å². The van der Waals surface area contributed by atoms with E-state index < -0.39 is 0 Å². The number of halogens is 1. The number of ether oxygens (including phenoxy) is 1. The predicted molar refractivity (Wildman–Crippen MR) is 83.7 cm³/mol. The standard InChI is InChI=1S/C14H25BrN4O/c1-10(2)19-12(11(15)9-17-19)13(16)14(3,4)18-5-7-20-8-6-18/h9-10,13H,5-8,16H2,1-4H3.